The van der Waals surface area contributed by atoms with Gasteiger partial charge >= 0.3 is 0 Å². The third-order valence-electron chi connectivity index (χ3n) is 3.60. The molecule has 1 saturated carbocycles. The Morgan fingerprint density at radius 2 is 1.93 bits per heavy atom. The first kappa shape index (κ1) is 10.4. The third-order valence-corrected chi connectivity index (χ3v) is 3.60. The Balaban J connectivity index is 1.77. The smallest absolute Gasteiger partial charge is 0.165 e. The summed E-state index contributed by atoms with van der Waals surface area (Å²) in [5.74, 6) is 0.0730. The van der Waals surface area contributed by atoms with Crippen LogP contribution in [0.1, 0.15) is 39.5 Å². The van der Waals surface area contributed by atoms with Gasteiger partial charge in [-0.1, -0.05) is 13.3 Å². The molecule has 3 nitrogen and oxygen atoms in total. The molecule has 14 heavy (non-hydrogen) atoms. The van der Waals surface area contributed by atoms with Crippen LogP contribution in [0.3, 0.4) is 0 Å². The third kappa shape index (κ3) is 1.95. The molecule has 0 aromatic heterocycles. The van der Waals surface area contributed by atoms with E-state index in [0.717, 1.165) is 25.7 Å². The highest BCUT2D eigenvalue weighted by Crippen LogP contribution is 2.49. The molecule has 2 fully saturated rings. The van der Waals surface area contributed by atoms with Gasteiger partial charge in [0.1, 0.15) is 0 Å². The zero-order valence-corrected chi connectivity index (χ0v) is 9.08. The van der Waals surface area contributed by atoms with Crippen molar-refractivity contribution < 1.29 is 14.6 Å². The van der Waals surface area contributed by atoms with Crippen molar-refractivity contribution in [3.63, 3.8) is 0 Å². The van der Waals surface area contributed by atoms with Gasteiger partial charge in [-0.25, -0.2) is 0 Å². The quantitative estimate of drug-likeness (QED) is 0.750. The Kier molecular flexibility index (Phi) is 2.58. The second-order valence-electron chi connectivity index (χ2n) is 4.74. The van der Waals surface area contributed by atoms with Gasteiger partial charge in [-0.2, -0.15) is 0 Å². The van der Waals surface area contributed by atoms with Crippen LogP contribution >= 0.6 is 0 Å². The van der Waals surface area contributed by atoms with Crippen LogP contribution in [0.4, 0.5) is 0 Å². The summed E-state index contributed by atoms with van der Waals surface area (Å²) < 4.78 is 11.0. The van der Waals surface area contributed by atoms with E-state index in [1.807, 2.05) is 6.92 Å². The number of ether oxygens (including phenoxy) is 2. The van der Waals surface area contributed by atoms with E-state index < -0.39 is 11.4 Å². The highest BCUT2D eigenvalue weighted by atomic mass is 16.7. The zero-order chi connectivity index (χ0) is 10.2. The lowest BCUT2D eigenvalue weighted by Crippen LogP contribution is -2.28. The number of hydrogen-bond donors (Lipinski definition) is 1. The van der Waals surface area contributed by atoms with E-state index in [1.54, 1.807) is 0 Å². The minimum atomic E-state index is -0.434. The van der Waals surface area contributed by atoms with Gasteiger partial charge in [0.15, 0.2) is 5.79 Å². The summed E-state index contributed by atoms with van der Waals surface area (Å²) in [7, 11) is 0. The summed E-state index contributed by atoms with van der Waals surface area (Å²) in [5.41, 5.74) is -0.410. The van der Waals surface area contributed by atoms with E-state index in [4.69, 9.17) is 9.47 Å². The van der Waals surface area contributed by atoms with Crippen molar-refractivity contribution in [2.24, 2.45) is 5.92 Å². The molecule has 0 radical (unpaired) electrons. The van der Waals surface area contributed by atoms with Crippen LogP contribution in [-0.4, -0.2) is 29.7 Å². The van der Waals surface area contributed by atoms with Crippen LogP contribution < -0.4 is 0 Å². The zero-order valence-electron chi connectivity index (χ0n) is 9.08. The Bertz CT molecular complexity index is 211. The fourth-order valence-corrected chi connectivity index (χ4v) is 2.34. The summed E-state index contributed by atoms with van der Waals surface area (Å²) in [4.78, 5) is 0. The molecule has 1 saturated heterocycles. The molecular weight excluding hydrogens is 180 g/mol. The highest BCUT2D eigenvalue weighted by molar-refractivity contribution is 5.02. The van der Waals surface area contributed by atoms with Gasteiger partial charge in [0.2, 0.25) is 0 Å². The molecule has 0 aromatic rings. The van der Waals surface area contributed by atoms with Gasteiger partial charge < -0.3 is 14.6 Å². The molecule has 0 amide bonds. The molecule has 0 spiro atoms. The second-order valence-corrected chi connectivity index (χ2v) is 4.74. The second kappa shape index (κ2) is 3.47. The molecule has 1 heterocycles. The average Bonchev–Trinajstić information content (AvgIpc) is 2.62. The lowest BCUT2D eigenvalue weighted by molar-refractivity contribution is -0.152. The molecule has 2 aliphatic rings. The van der Waals surface area contributed by atoms with Crippen molar-refractivity contribution in [3.8, 4) is 0 Å². The highest BCUT2D eigenvalue weighted by Gasteiger charge is 2.52. The summed E-state index contributed by atoms with van der Waals surface area (Å²) >= 11 is 0. The van der Waals surface area contributed by atoms with Crippen molar-refractivity contribution in [2.45, 2.75) is 50.9 Å². The van der Waals surface area contributed by atoms with Crippen molar-refractivity contribution in [2.75, 3.05) is 13.2 Å². The van der Waals surface area contributed by atoms with Gasteiger partial charge in [0.25, 0.3) is 0 Å². The molecule has 2 atom stereocenters. The topological polar surface area (TPSA) is 38.7 Å². The van der Waals surface area contributed by atoms with E-state index in [1.165, 1.54) is 0 Å². The largest absolute Gasteiger partial charge is 0.390 e. The minimum Gasteiger partial charge on any atom is -0.390 e. The van der Waals surface area contributed by atoms with E-state index >= 15 is 0 Å². The van der Waals surface area contributed by atoms with Crippen LogP contribution in [0.2, 0.25) is 0 Å². The molecule has 2 rings (SSSR count). The predicted octanol–water partition coefficient (Wildman–Crippen LogP) is 1.69. The van der Waals surface area contributed by atoms with Crippen LogP contribution in [-0.2, 0) is 9.47 Å². The van der Waals surface area contributed by atoms with E-state index in [2.05, 4.69) is 6.92 Å². The fraction of sp³-hybridized carbons (Fsp3) is 1.00. The molecule has 1 N–H and O–H groups in total. The molecule has 0 bridgehead atoms. The molecule has 82 valence electrons. The molecule has 2 unspecified atom stereocenters. The van der Waals surface area contributed by atoms with E-state index in [-0.39, 0.29) is 0 Å². The maximum absolute atomic E-state index is 10.1. The first-order chi connectivity index (χ1) is 6.58. The van der Waals surface area contributed by atoms with Crippen molar-refractivity contribution >= 4 is 0 Å². The summed E-state index contributed by atoms with van der Waals surface area (Å²) in [6.07, 6.45) is 3.65. The van der Waals surface area contributed by atoms with Crippen LogP contribution in [0.25, 0.3) is 0 Å². The summed E-state index contributed by atoms with van der Waals surface area (Å²) in [5, 5.41) is 10.1. The lowest BCUT2D eigenvalue weighted by Gasteiger charge is -2.23. The molecular formula is C11H20O3. The number of hydrogen-bond acceptors (Lipinski definition) is 3. The van der Waals surface area contributed by atoms with Gasteiger partial charge in [-0.05, 0) is 25.7 Å². The van der Waals surface area contributed by atoms with Crippen molar-refractivity contribution in [1.82, 2.24) is 0 Å². The van der Waals surface area contributed by atoms with Gasteiger partial charge in [-0.15, -0.1) is 0 Å². The Labute approximate surface area is 85.4 Å². The van der Waals surface area contributed by atoms with E-state index in [9.17, 15) is 5.11 Å². The Hall–Kier alpha value is -0.120. The van der Waals surface area contributed by atoms with Crippen LogP contribution in [0, 0.1) is 5.92 Å². The molecule has 0 aromatic carbocycles. The minimum absolute atomic E-state index is 0.410. The standard InChI is InChI=1S/C11H20O3/c1-3-9-8-11(9,12)5-4-10(2)13-6-7-14-10/h9,12H,3-8H2,1-2H3. The molecule has 1 aliphatic carbocycles. The van der Waals surface area contributed by atoms with E-state index in [0.29, 0.717) is 19.1 Å². The molecule has 1 aliphatic heterocycles. The fourth-order valence-electron chi connectivity index (χ4n) is 2.34. The first-order valence-electron chi connectivity index (χ1n) is 5.58. The van der Waals surface area contributed by atoms with Gasteiger partial charge in [-0.3, -0.25) is 0 Å². The first-order valence-corrected chi connectivity index (χ1v) is 5.58. The lowest BCUT2D eigenvalue weighted by atomic mass is 10.0. The normalized spacial score (nSPS) is 40.1. The van der Waals surface area contributed by atoms with Crippen LogP contribution in [0.5, 0.6) is 0 Å². The number of aliphatic hydroxyl groups is 1. The Morgan fingerprint density at radius 1 is 1.29 bits per heavy atom. The average molecular weight is 200 g/mol. The van der Waals surface area contributed by atoms with Crippen molar-refractivity contribution in [3.05, 3.63) is 0 Å². The Morgan fingerprint density at radius 3 is 2.43 bits per heavy atom. The number of rotatable bonds is 4. The maximum atomic E-state index is 10.1. The summed E-state index contributed by atoms with van der Waals surface area (Å²) in [6.45, 7) is 5.47. The molecule has 3 heteroatoms. The van der Waals surface area contributed by atoms with Crippen LogP contribution in [0.15, 0.2) is 0 Å². The summed E-state index contributed by atoms with van der Waals surface area (Å²) in [6, 6.07) is 0. The maximum Gasteiger partial charge on any atom is 0.165 e. The predicted molar refractivity (Wildman–Crippen MR) is 52.9 cm³/mol. The monoisotopic (exact) mass is 200 g/mol. The SMILES string of the molecule is CCC1CC1(O)CCC1(C)OCCO1. The van der Waals surface area contributed by atoms with Gasteiger partial charge in [0, 0.05) is 6.42 Å². The van der Waals surface area contributed by atoms with Gasteiger partial charge in [0.05, 0.1) is 18.8 Å². The van der Waals surface area contributed by atoms with Crippen molar-refractivity contribution in [1.29, 1.82) is 0 Å².